The van der Waals surface area contributed by atoms with Crippen LogP contribution in [0.25, 0.3) is 0 Å². The van der Waals surface area contributed by atoms with Gasteiger partial charge in [0.25, 0.3) is 5.91 Å². The molecule has 5 nitrogen and oxygen atoms in total. The topological polar surface area (TPSA) is 59.0 Å². The van der Waals surface area contributed by atoms with Crippen molar-refractivity contribution in [3.63, 3.8) is 0 Å². The van der Waals surface area contributed by atoms with Crippen LogP contribution in [0.5, 0.6) is 0 Å². The molecule has 2 N–H and O–H groups in total. The van der Waals surface area contributed by atoms with Gasteiger partial charge in [-0.15, -0.1) is 11.3 Å². The van der Waals surface area contributed by atoms with Crippen LogP contribution in [0, 0.1) is 0 Å². The van der Waals surface area contributed by atoms with Gasteiger partial charge in [-0.1, -0.05) is 0 Å². The number of carbonyl (C=O) groups excluding carboxylic acids is 1. The highest BCUT2D eigenvalue weighted by Crippen LogP contribution is 2.22. The Labute approximate surface area is 116 Å². The van der Waals surface area contributed by atoms with Crippen LogP contribution in [0.15, 0.2) is 27.5 Å². The molecule has 0 aromatic carbocycles. The van der Waals surface area contributed by atoms with Crippen molar-refractivity contribution < 1.29 is 4.79 Å². The molecule has 1 aliphatic heterocycles. The number of rotatable bonds is 3. The average molecular weight is 327 g/mol. The molecule has 3 heterocycles. The van der Waals surface area contributed by atoms with Crippen LogP contribution in [0.1, 0.15) is 16.4 Å². The summed E-state index contributed by atoms with van der Waals surface area (Å²) in [6.45, 7) is 1.79. The summed E-state index contributed by atoms with van der Waals surface area (Å²) in [6, 6.07) is 3.97. The maximum absolute atomic E-state index is 12.0. The Balaban J connectivity index is 1.76. The summed E-state index contributed by atoms with van der Waals surface area (Å²) in [7, 11) is 0. The molecule has 0 atom stereocenters. The lowest BCUT2D eigenvalue weighted by Crippen LogP contribution is -2.44. The first kappa shape index (κ1) is 11.9. The lowest BCUT2D eigenvalue weighted by atomic mass is 10.2. The molecule has 0 spiro atoms. The predicted molar refractivity (Wildman–Crippen MR) is 74.1 cm³/mol. The van der Waals surface area contributed by atoms with Crippen molar-refractivity contribution in [3.8, 4) is 0 Å². The molecule has 7 heteroatoms. The molecule has 0 aliphatic carbocycles. The van der Waals surface area contributed by atoms with Gasteiger partial charge in [0.05, 0.1) is 21.6 Å². The molecule has 1 saturated heterocycles. The number of aromatic nitrogens is 2. The first-order valence-electron chi connectivity index (χ1n) is 5.53. The van der Waals surface area contributed by atoms with E-state index in [4.69, 9.17) is 0 Å². The second-order valence-electron chi connectivity index (χ2n) is 4.07. The highest BCUT2D eigenvalue weighted by atomic mass is 79.9. The molecule has 0 saturated carbocycles. The van der Waals surface area contributed by atoms with Crippen LogP contribution in [0.3, 0.4) is 0 Å². The maximum atomic E-state index is 12.0. The molecule has 94 valence electrons. The number of hydrogen-bond acceptors (Lipinski definition) is 4. The monoisotopic (exact) mass is 326 g/mol. The molecule has 2 aromatic heterocycles. The maximum Gasteiger partial charge on any atom is 0.257 e. The number of anilines is 1. The van der Waals surface area contributed by atoms with Crippen molar-refractivity contribution in [2.24, 2.45) is 0 Å². The molecule has 0 unspecified atom stereocenters. The predicted octanol–water partition coefficient (Wildman–Crippen LogP) is 2.10. The molecular weight excluding hydrogens is 316 g/mol. The molecule has 0 radical (unpaired) electrons. The number of carbonyl (C=O) groups is 1. The van der Waals surface area contributed by atoms with Gasteiger partial charge in [-0.3, -0.25) is 4.79 Å². The molecule has 0 bridgehead atoms. The van der Waals surface area contributed by atoms with Crippen molar-refractivity contribution in [3.05, 3.63) is 33.1 Å². The van der Waals surface area contributed by atoms with Crippen LogP contribution in [-0.2, 0) is 0 Å². The van der Waals surface area contributed by atoms with Gasteiger partial charge in [0.2, 0.25) is 0 Å². The molecule has 18 heavy (non-hydrogen) atoms. The smallest absolute Gasteiger partial charge is 0.257 e. The van der Waals surface area contributed by atoms with Gasteiger partial charge in [0.15, 0.2) is 0 Å². The van der Waals surface area contributed by atoms with Crippen molar-refractivity contribution in [1.29, 1.82) is 0 Å². The first-order valence-corrected chi connectivity index (χ1v) is 7.21. The summed E-state index contributed by atoms with van der Waals surface area (Å²) in [6.07, 6.45) is 1.71. The largest absolute Gasteiger partial charge is 0.312 e. The Kier molecular flexibility index (Phi) is 3.19. The number of nitrogens with zero attached hydrogens (tertiary/aromatic N) is 2. The highest BCUT2D eigenvalue weighted by Gasteiger charge is 2.22. The fourth-order valence-electron chi connectivity index (χ4n) is 1.77. The summed E-state index contributed by atoms with van der Waals surface area (Å²) < 4.78 is 2.81. The number of amides is 1. The second-order valence-corrected chi connectivity index (χ2v) is 6.36. The van der Waals surface area contributed by atoms with E-state index in [0.717, 1.165) is 22.7 Å². The van der Waals surface area contributed by atoms with Gasteiger partial charge in [-0.2, -0.15) is 5.10 Å². The lowest BCUT2D eigenvalue weighted by molar-refractivity contribution is 0.102. The quantitative estimate of drug-likeness (QED) is 0.908. The first-order chi connectivity index (χ1) is 8.74. The van der Waals surface area contributed by atoms with Crippen LogP contribution in [0.2, 0.25) is 0 Å². The number of halogens is 1. The minimum atomic E-state index is -0.106. The summed E-state index contributed by atoms with van der Waals surface area (Å²) >= 11 is 4.84. The zero-order valence-electron chi connectivity index (χ0n) is 9.39. The molecule has 1 fully saturated rings. The zero-order valence-corrected chi connectivity index (χ0v) is 11.8. The Morgan fingerprint density at radius 1 is 1.61 bits per heavy atom. The molecule has 1 amide bonds. The van der Waals surface area contributed by atoms with Gasteiger partial charge in [-0.05, 0) is 22.0 Å². The summed E-state index contributed by atoms with van der Waals surface area (Å²) in [5.74, 6) is 0.639. The Morgan fingerprint density at radius 3 is 3.06 bits per heavy atom. The van der Waals surface area contributed by atoms with Crippen LogP contribution >= 0.6 is 27.3 Å². The minimum Gasteiger partial charge on any atom is -0.312 e. The van der Waals surface area contributed by atoms with Gasteiger partial charge in [0, 0.05) is 24.5 Å². The van der Waals surface area contributed by atoms with Crippen LogP contribution in [-0.4, -0.2) is 28.8 Å². The Hall–Kier alpha value is -1.18. The molecular formula is C11H11BrN4OS. The van der Waals surface area contributed by atoms with E-state index in [0.29, 0.717) is 11.6 Å². The lowest BCUT2D eigenvalue weighted by Gasteiger charge is -2.28. The van der Waals surface area contributed by atoms with Crippen molar-refractivity contribution in [1.82, 2.24) is 15.1 Å². The van der Waals surface area contributed by atoms with E-state index in [-0.39, 0.29) is 5.91 Å². The van der Waals surface area contributed by atoms with E-state index < -0.39 is 0 Å². The van der Waals surface area contributed by atoms with E-state index in [9.17, 15) is 4.79 Å². The second kappa shape index (κ2) is 4.83. The van der Waals surface area contributed by atoms with Gasteiger partial charge in [0.1, 0.15) is 5.82 Å². The van der Waals surface area contributed by atoms with Gasteiger partial charge < -0.3 is 10.6 Å². The van der Waals surface area contributed by atoms with E-state index in [1.807, 2.05) is 22.2 Å². The summed E-state index contributed by atoms with van der Waals surface area (Å²) in [5.41, 5.74) is 0.659. The highest BCUT2D eigenvalue weighted by molar-refractivity contribution is 9.11. The average Bonchev–Trinajstić information content (AvgIpc) is 2.86. The number of nitrogens with one attached hydrogen (secondary N) is 2. The SMILES string of the molecule is O=C(Nc1ccnn1C1CNC1)c1csc(Br)c1. The van der Waals surface area contributed by atoms with E-state index in [1.165, 1.54) is 11.3 Å². The fourth-order valence-corrected chi connectivity index (χ4v) is 2.90. The fraction of sp³-hybridized carbons (Fsp3) is 0.273. The number of thiophene rings is 1. The molecule has 3 rings (SSSR count). The van der Waals surface area contributed by atoms with Gasteiger partial charge in [-0.25, -0.2) is 4.68 Å². The molecule has 1 aliphatic rings. The minimum absolute atomic E-state index is 0.106. The van der Waals surface area contributed by atoms with Crippen molar-refractivity contribution >= 4 is 39.0 Å². The third kappa shape index (κ3) is 2.21. The van der Waals surface area contributed by atoms with E-state index in [1.54, 1.807) is 6.20 Å². The van der Waals surface area contributed by atoms with Crippen molar-refractivity contribution in [2.75, 3.05) is 18.4 Å². The third-order valence-corrected chi connectivity index (χ3v) is 4.35. The summed E-state index contributed by atoms with van der Waals surface area (Å²) in [4.78, 5) is 12.0. The van der Waals surface area contributed by atoms with E-state index in [2.05, 4.69) is 31.7 Å². The van der Waals surface area contributed by atoms with E-state index >= 15 is 0 Å². The Morgan fingerprint density at radius 2 is 2.44 bits per heavy atom. The Bertz CT molecular complexity index is 575. The van der Waals surface area contributed by atoms with Crippen LogP contribution in [0.4, 0.5) is 5.82 Å². The molecule has 2 aromatic rings. The number of hydrogen-bond donors (Lipinski definition) is 2. The standard InChI is InChI=1S/C11H11BrN4OS/c12-9-3-7(6-18-9)11(17)15-10-1-2-14-16(10)8-4-13-5-8/h1-3,6,8,13H,4-5H2,(H,15,17). The zero-order chi connectivity index (χ0) is 12.5. The van der Waals surface area contributed by atoms with Crippen LogP contribution < -0.4 is 10.6 Å². The normalized spacial score (nSPS) is 15.4. The van der Waals surface area contributed by atoms with Crippen molar-refractivity contribution in [2.45, 2.75) is 6.04 Å². The summed E-state index contributed by atoms with van der Waals surface area (Å²) in [5, 5.41) is 12.1. The van der Waals surface area contributed by atoms with Gasteiger partial charge >= 0.3 is 0 Å². The third-order valence-electron chi connectivity index (χ3n) is 2.85.